The van der Waals surface area contributed by atoms with E-state index in [9.17, 15) is 4.79 Å². The van der Waals surface area contributed by atoms with Crippen LogP contribution in [0.5, 0.6) is 0 Å². The third-order valence-corrected chi connectivity index (χ3v) is 5.80. The predicted octanol–water partition coefficient (Wildman–Crippen LogP) is 2.13. The van der Waals surface area contributed by atoms with Crippen LogP contribution in [0.25, 0.3) is 10.9 Å². The number of rotatable bonds is 1. The highest BCUT2D eigenvalue weighted by Crippen LogP contribution is 2.41. The Balaban J connectivity index is 1.54. The number of carbonyl (C=O) groups is 1. The quantitative estimate of drug-likeness (QED) is 0.877. The minimum absolute atomic E-state index is 0.0765. The standard InChI is InChI=1S/C16H17ClN4O/c17-10-1-2-12-13(6-10)18-19-15(12)16(22)21-11-5-9-3-4-20(7-11)8-14(9)21/h1-2,6,9,11,14H,3-5,7-8H2,(H,18,19)/t9?,11-,14?/m0/s1. The van der Waals surface area contributed by atoms with E-state index in [0.29, 0.717) is 28.7 Å². The van der Waals surface area contributed by atoms with Crippen molar-refractivity contribution >= 4 is 28.4 Å². The van der Waals surface area contributed by atoms with Gasteiger partial charge in [0, 0.05) is 35.6 Å². The summed E-state index contributed by atoms with van der Waals surface area (Å²) in [6.45, 7) is 3.25. The van der Waals surface area contributed by atoms with Crippen molar-refractivity contribution in [1.82, 2.24) is 20.0 Å². The Hall–Kier alpha value is -1.59. The smallest absolute Gasteiger partial charge is 0.275 e. The molecule has 5 rings (SSSR count). The van der Waals surface area contributed by atoms with Gasteiger partial charge >= 0.3 is 0 Å². The number of piperidine rings is 1. The van der Waals surface area contributed by atoms with Crippen LogP contribution in [0.15, 0.2) is 18.2 Å². The highest BCUT2D eigenvalue weighted by Gasteiger charge is 2.51. The first-order valence-electron chi connectivity index (χ1n) is 7.89. The van der Waals surface area contributed by atoms with Gasteiger partial charge in [0.2, 0.25) is 0 Å². The molecule has 3 aliphatic heterocycles. The number of nitrogens with one attached hydrogen (secondary N) is 1. The number of carbonyl (C=O) groups excluding carboxylic acids is 1. The molecule has 4 atom stereocenters. The van der Waals surface area contributed by atoms with E-state index in [1.54, 1.807) is 0 Å². The normalized spacial score (nSPS) is 32.9. The fourth-order valence-corrected chi connectivity index (χ4v) is 4.76. The summed E-state index contributed by atoms with van der Waals surface area (Å²) in [6.07, 6.45) is 2.38. The second-order valence-corrected chi connectivity index (χ2v) is 7.18. The molecule has 4 heterocycles. The van der Waals surface area contributed by atoms with Crippen molar-refractivity contribution in [2.24, 2.45) is 5.92 Å². The number of nitrogens with zero attached hydrogens (tertiary/aromatic N) is 3. The second kappa shape index (κ2) is 4.46. The molecule has 3 fully saturated rings. The largest absolute Gasteiger partial charge is 0.328 e. The number of aromatic nitrogens is 2. The molecule has 0 saturated carbocycles. The summed E-state index contributed by atoms with van der Waals surface area (Å²) in [6, 6.07) is 6.25. The minimum atomic E-state index is 0.0765. The molecule has 1 N–H and O–H groups in total. The Morgan fingerprint density at radius 3 is 3.18 bits per heavy atom. The fraction of sp³-hybridized carbons (Fsp3) is 0.500. The molecule has 22 heavy (non-hydrogen) atoms. The maximum absolute atomic E-state index is 13.1. The average Bonchev–Trinajstić information content (AvgIpc) is 2.95. The lowest BCUT2D eigenvalue weighted by Gasteiger charge is -2.44. The molecule has 0 spiro atoms. The number of H-pyrrole nitrogens is 1. The zero-order valence-electron chi connectivity index (χ0n) is 12.1. The monoisotopic (exact) mass is 316 g/mol. The van der Waals surface area contributed by atoms with Gasteiger partial charge in [0.25, 0.3) is 5.91 Å². The SMILES string of the molecule is O=C(c1n[nH]c2cc(Cl)ccc12)N1C2CN3CCC2C[C@H]1C3. The molecule has 1 aromatic carbocycles. The van der Waals surface area contributed by atoms with Gasteiger partial charge in [-0.3, -0.25) is 14.8 Å². The van der Waals surface area contributed by atoms with E-state index >= 15 is 0 Å². The van der Waals surface area contributed by atoms with Gasteiger partial charge in [-0.15, -0.1) is 0 Å². The third-order valence-electron chi connectivity index (χ3n) is 5.56. The third kappa shape index (κ3) is 1.69. The highest BCUT2D eigenvalue weighted by molar-refractivity contribution is 6.31. The number of piperazine rings is 1. The first-order chi connectivity index (χ1) is 10.7. The number of benzene rings is 1. The van der Waals surface area contributed by atoms with Crippen LogP contribution in [0, 0.1) is 5.92 Å². The Bertz CT molecular complexity index is 769. The molecule has 3 bridgehead atoms. The van der Waals surface area contributed by atoms with E-state index in [0.717, 1.165) is 30.4 Å². The Morgan fingerprint density at radius 2 is 2.27 bits per heavy atom. The molecule has 0 aliphatic carbocycles. The zero-order chi connectivity index (χ0) is 14.8. The first-order valence-corrected chi connectivity index (χ1v) is 8.27. The molecule has 5 nitrogen and oxygen atoms in total. The van der Waals surface area contributed by atoms with E-state index in [1.165, 1.54) is 13.0 Å². The Morgan fingerprint density at radius 1 is 1.36 bits per heavy atom. The Labute approximate surface area is 133 Å². The van der Waals surface area contributed by atoms with E-state index in [-0.39, 0.29) is 5.91 Å². The number of fused-ring (bicyclic) bond motifs is 3. The molecule has 0 radical (unpaired) electrons. The van der Waals surface area contributed by atoms with Gasteiger partial charge in [0.1, 0.15) is 0 Å². The first kappa shape index (κ1) is 12.9. The zero-order valence-corrected chi connectivity index (χ0v) is 12.9. The Kier molecular flexibility index (Phi) is 2.62. The molecule has 6 heteroatoms. The van der Waals surface area contributed by atoms with Crippen LogP contribution in [-0.4, -0.2) is 57.6 Å². The predicted molar refractivity (Wildman–Crippen MR) is 84.0 cm³/mol. The molecule has 114 valence electrons. The number of hydrogen-bond acceptors (Lipinski definition) is 3. The van der Waals surface area contributed by atoms with Crippen LogP contribution in [0.4, 0.5) is 0 Å². The lowest BCUT2D eigenvalue weighted by atomic mass is 9.93. The molecule has 3 unspecified atom stereocenters. The van der Waals surface area contributed by atoms with Crippen molar-refractivity contribution < 1.29 is 4.79 Å². The second-order valence-electron chi connectivity index (χ2n) is 6.74. The maximum atomic E-state index is 13.1. The van der Waals surface area contributed by atoms with Crippen LogP contribution < -0.4 is 0 Å². The van der Waals surface area contributed by atoms with Crippen molar-refractivity contribution in [2.75, 3.05) is 19.6 Å². The van der Waals surface area contributed by atoms with Crippen molar-refractivity contribution in [1.29, 1.82) is 0 Å². The summed E-state index contributed by atoms with van der Waals surface area (Å²) in [5.74, 6) is 0.750. The van der Waals surface area contributed by atoms with Crippen LogP contribution in [0.1, 0.15) is 23.3 Å². The summed E-state index contributed by atoms with van der Waals surface area (Å²) in [4.78, 5) is 17.7. The number of hydrogen-bond donors (Lipinski definition) is 1. The van der Waals surface area contributed by atoms with Gasteiger partial charge in [0.15, 0.2) is 5.69 Å². The number of halogens is 1. The highest BCUT2D eigenvalue weighted by atomic mass is 35.5. The molecule has 1 amide bonds. The number of amides is 1. The molecule has 3 saturated heterocycles. The molecular formula is C16H17ClN4O. The van der Waals surface area contributed by atoms with Crippen molar-refractivity contribution in [3.8, 4) is 0 Å². The van der Waals surface area contributed by atoms with Crippen molar-refractivity contribution in [3.05, 3.63) is 28.9 Å². The molecule has 1 aromatic heterocycles. The summed E-state index contributed by atoms with van der Waals surface area (Å²) < 4.78 is 0. The van der Waals surface area contributed by atoms with Gasteiger partial charge in [-0.05, 0) is 43.5 Å². The maximum Gasteiger partial charge on any atom is 0.275 e. The lowest BCUT2D eigenvalue weighted by Crippen LogP contribution is -2.58. The van der Waals surface area contributed by atoms with Gasteiger partial charge < -0.3 is 4.90 Å². The van der Waals surface area contributed by atoms with Crippen molar-refractivity contribution in [2.45, 2.75) is 24.9 Å². The van der Waals surface area contributed by atoms with Gasteiger partial charge in [-0.25, -0.2) is 0 Å². The van der Waals surface area contributed by atoms with Crippen molar-refractivity contribution in [3.63, 3.8) is 0 Å². The van der Waals surface area contributed by atoms with E-state index in [1.807, 2.05) is 18.2 Å². The van der Waals surface area contributed by atoms with Crippen LogP contribution in [0.3, 0.4) is 0 Å². The fourth-order valence-electron chi connectivity index (χ4n) is 4.59. The summed E-state index contributed by atoms with van der Waals surface area (Å²) in [5.41, 5.74) is 1.36. The molecule has 2 aromatic rings. The summed E-state index contributed by atoms with van der Waals surface area (Å²) >= 11 is 6.01. The topological polar surface area (TPSA) is 52.2 Å². The van der Waals surface area contributed by atoms with Crippen LogP contribution in [0.2, 0.25) is 5.02 Å². The van der Waals surface area contributed by atoms with E-state index in [2.05, 4.69) is 20.0 Å². The summed E-state index contributed by atoms with van der Waals surface area (Å²) in [7, 11) is 0. The summed E-state index contributed by atoms with van der Waals surface area (Å²) in [5, 5.41) is 8.74. The van der Waals surface area contributed by atoms with E-state index in [4.69, 9.17) is 11.6 Å². The average molecular weight is 317 g/mol. The van der Waals surface area contributed by atoms with E-state index < -0.39 is 0 Å². The molecule has 3 aliphatic rings. The lowest BCUT2D eigenvalue weighted by molar-refractivity contribution is 0.0258. The van der Waals surface area contributed by atoms with Crippen LogP contribution in [-0.2, 0) is 0 Å². The van der Waals surface area contributed by atoms with Crippen LogP contribution >= 0.6 is 11.6 Å². The molecular weight excluding hydrogens is 300 g/mol. The van der Waals surface area contributed by atoms with Gasteiger partial charge in [-0.1, -0.05) is 11.6 Å². The number of aromatic amines is 1. The van der Waals surface area contributed by atoms with Gasteiger partial charge in [-0.2, -0.15) is 5.10 Å². The van der Waals surface area contributed by atoms with Gasteiger partial charge in [0.05, 0.1) is 5.52 Å². The minimum Gasteiger partial charge on any atom is -0.328 e.